The fourth-order valence-corrected chi connectivity index (χ4v) is 1.67. The molecule has 0 saturated heterocycles. The minimum Gasteiger partial charge on any atom is -0.478 e. The summed E-state index contributed by atoms with van der Waals surface area (Å²) in [7, 11) is 0. The molecule has 2 N–H and O–H groups in total. The Morgan fingerprint density at radius 3 is 2.73 bits per heavy atom. The summed E-state index contributed by atoms with van der Waals surface area (Å²) in [6.07, 6.45) is 2.28. The molecule has 1 aromatic carbocycles. The number of aromatic carboxylic acids is 1. The lowest BCUT2D eigenvalue weighted by Crippen LogP contribution is -2.19. The average Bonchev–Trinajstić information content (AvgIpc) is 2.89. The molecule has 0 aliphatic carbocycles. The molecule has 0 fully saturated rings. The number of carboxylic acid groups (broad SMARTS) is 1. The number of ether oxygens (including phenoxy) is 1. The van der Waals surface area contributed by atoms with Gasteiger partial charge in [-0.15, -0.1) is 0 Å². The van der Waals surface area contributed by atoms with Crippen molar-refractivity contribution < 1.29 is 28.2 Å². The van der Waals surface area contributed by atoms with Crippen molar-refractivity contribution in [3.63, 3.8) is 0 Å². The highest BCUT2D eigenvalue weighted by Gasteiger charge is 2.13. The Labute approximate surface area is 123 Å². The molecule has 2 rings (SSSR count). The monoisotopic (exact) mass is 311 g/mol. The van der Waals surface area contributed by atoms with Gasteiger partial charge in [0.1, 0.15) is 12.3 Å². The third kappa shape index (κ3) is 4.01. The van der Waals surface area contributed by atoms with E-state index in [-0.39, 0.29) is 23.5 Å². The number of amides is 1. The molecule has 1 heterocycles. The van der Waals surface area contributed by atoms with Gasteiger partial charge in [0.2, 0.25) is 5.91 Å². The topological polar surface area (TPSA) is 93.5 Å². The lowest BCUT2D eigenvalue weighted by molar-refractivity contribution is -0.117. The van der Waals surface area contributed by atoms with Crippen LogP contribution in [-0.4, -0.2) is 33.4 Å². The number of nitrogens with zero attached hydrogens (tertiary/aromatic N) is 2. The van der Waals surface area contributed by atoms with Crippen LogP contribution in [0.5, 0.6) is 5.75 Å². The summed E-state index contributed by atoms with van der Waals surface area (Å²) < 4.78 is 29.9. The number of para-hydroxylation sites is 2. The van der Waals surface area contributed by atoms with Crippen LogP contribution in [0, 0.1) is 0 Å². The van der Waals surface area contributed by atoms with Gasteiger partial charge in [-0.05, 0) is 12.1 Å². The van der Waals surface area contributed by atoms with Crippen molar-refractivity contribution in [1.82, 2.24) is 9.78 Å². The first-order valence-corrected chi connectivity index (χ1v) is 6.05. The van der Waals surface area contributed by atoms with Crippen LogP contribution in [0.3, 0.4) is 0 Å². The number of anilines is 1. The molecule has 0 saturated carbocycles. The summed E-state index contributed by atoms with van der Waals surface area (Å²) in [5, 5.41) is 14.9. The standard InChI is InChI=1S/C13H11F2N3O4/c14-13(15)22-10-4-2-1-3-9(10)17-11(19)7-18-6-8(5-16-18)12(20)21/h1-6,13H,7H2,(H,17,19)(H,20,21). The van der Waals surface area contributed by atoms with Crippen molar-refractivity contribution in [3.8, 4) is 5.75 Å². The van der Waals surface area contributed by atoms with Crippen LogP contribution >= 0.6 is 0 Å². The molecule has 7 nitrogen and oxygen atoms in total. The van der Waals surface area contributed by atoms with E-state index in [1.54, 1.807) is 6.07 Å². The van der Waals surface area contributed by atoms with E-state index in [1.165, 1.54) is 24.4 Å². The van der Waals surface area contributed by atoms with Crippen LogP contribution in [0.15, 0.2) is 36.7 Å². The molecule has 0 bridgehead atoms. The zero-order valence-electron chi connectivity index (χ0n) is 11.1. The summed E-state index contributed by atoms with van der Waals surface area (Å²) in [6, 6.07) is 5.73. The number of aromatic nitrogens is 2. The number of hydrogen-bond acceptors (Lipinski definition) is 4. The number of carbonyl (C=O) groups is 2. The first-order valence-electron chi connectivity index (χ1n) is 6.05. The van der Waals surface area contributed by atoms with Gasteiger partial charge in [-0.3, -0.25) is 9.48 Å². The second-order valence-electron chi connectivity index (χ2n) is 4.15. The van der Waals surface area contributed by atoms with Gasteiger partial charge in [0.25, 0.3) is 0 Å². The van der Waals surface area contributed by atoms with Crippen LogP contribution in [-0.2, 0) is 11.3 Å². The Balaban J connectivity index is 2.04. The van der Waals surface area contributed by atoms with E-state index in [2.05, 4.69) is 15.2 Å². The number of hydrogen-bond donors (Lipinski definition) is 2. The molecule has 22 heavy (non-hydrogen) atoms. The van der Waals surface area contributed by atoms with E-state index >= 15 is 0 Å². The van der Waals surface area contributed by atoms with Crippen LogP contribution in [0.2, 0.25) is 0 Å². The smallest absolute Gasteiger partial charge is 0.387 e. The molecule has 9 heteroatoms. The fourth-order valence-electron chi connectivity index (χ4n) is 1.67. The molecule has 1 aromatic heterocycles. The Hall–Kier alpha value is -2.97. The zero-order chi connectivity index (χ0) is 16.1. The lowest BCUT2D eigenvalue weighted by Gasteiger charge is -2.11. The minimum absolute atomic E-state index is 0.0609. The van der Waals surface area contributed by atoms with E-state index < -0.39 is 18.5 Å². The second kappa shape index (κ2) is 6.66. The van der Waals surface area contributed by atoms with Crippen molar-refractivity contribution >= 4 is 17.6 Å². The molecule has 1 amide bonds. The lowest BCUT2D eigenvalue weighted by atomic mass is 10.3. The number of carbonyl (C=O) groups excluding carboxylic acids is 1. The first kappa shape index (κ1) is 15.4. The van der Waals surface area contributed by atoms with Gasteiger partial charge >= 0.3 is 12.6 Å². The predicted molar refractivity (Wildman–Crippen MR) is 70.9 cm³/mol. The third-order valence-electron chi connectivity index (χ3n) is 2.56. The van der Waals surface area contributed by atoms with E-state index in [1.807, 2.05) is 0 Å². The Morgan fingerprint density at radius 1 is 1.36 bits per heavy atom. The van der Waals surface area contributed by atoms with Crippen molar-refractivity contribution in [2.24, 2.45) is 0 Å². The van der Waals surface area contributed by atoms with Crippen molar-refractivity contribution in [2.45, 2.75) is 13.2 Å². The van der Waals surface area contributed by atoms with E-state index in [9.17, 15) is 18.4 Å². The summed E-state index contributed by atoms with van der Waals surface area (Å²) in [4.78, 5) is 22.5. The molecule has 116 valence electrons. The molecule has 0 atom stereocenters. The molecule has 0 unspecified atom stereocenters. The number of nitrogens with one attached hydrogen (secondary N) is 1. The van der Waals surface area contributed by atoms with Crippen molar-refractivity contribution in [3.05, 3.63) is 42.2 Å². The number of carboxylic acids is 1. The van der Waals surface area contributed by atoms with Crippen molar-refractivity contribution in [1.29, 1.82) is 0 Å². The maximum Gasteiger partial charge on any atom is 0.387 e. The van der Waals surface area contributed by atoms with Gasteiger partial charge < -0.3 is 15.2 Å². The van der Waals surface area contributed by atoms with Gasteiger partial charge in [0.15, 0.2) is 0 Å². The number of rotatable bonds is 6. The van der Waals surface area contributed by atoms with Gasteiger partial charge in [-0.25, -0.2) is 4.79 Å². The molecular formula is C13H11F2N3O4. The largest absolute Gasteiger partial charge is 0.478 e. The second-order valence-corrected chi connectivity index (χ2v) is 4.15. The Kier molecular flexibility index (Phi) is 4.66. The first-order chi connectivity index (χ1) is 10.5. The SMILES string of the molecule is O=C(Cn1cc(C(=O)O)cn1)Nc1ccccc1OC(F)F. The normalized spacial score (nSPS) is 10.5. The Morgan fingerprint density at radius 2 is 2.09 bits per heavy atom. The highest BCUT2D eigenvalue weighted by molar-refractivity contribution is 5.92. The molecule has 0 spiro atoms. The van der Waals surface area contributed by atoms with E-state index in [0.29, 0.717) is 0 Å². The summed E-state index contributed by atoms with van der Waals surface area (Å²) in [6.45, 7) is -3.28. The summed E-state index contributed by atoms with van der Waals surface area (Å²) in [5.41, 5.74) is 0.0210. The highest BCUT2D eigenvalue weighted by Crippen LogP contribution is 2.25. The maximum atomic E-state index is 12.3. The van der Waals surface area contributed by atoms with Gasteiger partial charge in [-0.2, -0.15) is 13.9 Å². The number of benzene rings is 1. The van der Waals surface area contributed by atoms with Gasteiger partial charge in [0, 0.05) is 6.20 Å². The minimum atomic E-state index is -3.01. The summed E-state index contributed by atoms with van der Waals surface area (Å²) >= 11 is 0. The van der Waals surface area contributed by atoms with Gasteiger partial charge in [0.05, 0.1) is 17.4 Å². The third-order valence-corrected chi connectivity index (χ3v) is 2.56. The number of halogens is 2. The fraction of sp³-hybridized carbons (Fsp3) is 0.154. The number of alkyl halides is 2. The Bertz CT molecular complexity index is 687. The van der Waals surface area contributed by atoms with E-state index in [0.717, 1.165) is 10.9 Å². The van der Waals surface area contributed by atoms with Crippen LogP contribution in [0.25, 0.3) is 0 Å². The van der Waals surface area contributed by atoms with Crippen LogP contribution < -0.4 is 10.1 Å². The average molecular weight is 311 g/mol. The molecule has 0 radical (unpaired) electrons. The summed E-state index contributed by atoms with van der Waals surface area (Å²) in [5.74, 6) is -1.90. The quantitative estimate of drug-likeness (QED) is 0.849. The zero-order valence-corrected chi connectivity index (χ0v) is 11.1. The van der Waals surface area contributed by atoms with Gasteiger partial charge in [-0.1, -0.05) is 12.1 Å². The maximum absolute atomic E-state index is 12.3. The highest BCUT2D eigenvalue weighted by atomic mass is 19.3. The molecule has 2 aromatic rings. The molecule has 0 aliphatic rings. The van der Waals surface area contributed by atoms with Crippen LogP contribution in [0.4, 0.5) is 14.5 Å². The van der Waals surface area contributed by atoms with E-state index in [4.69, 9.17) is 5.11 Å². The molecular weight excluding hydrogens is 300 g/mol. The predicted octanol–water partition coefficient (Wildman–Crippen LogP) is 1.82. The molecule has 0 aliphatic heterocycles. The van der Waals surface area contributed by atoms with Crippen molar-refractivity contribution in [2.75, 3.05) is 5.32 Å². The van der Waals surface area contributed by atoms with Crippen LogP contribution in [0.1, 0.15) is 10.4 Å².